The highest BCUT2D eigenvalue weighted by Crippen LogP contribution is 2.23. The Morgan fingerprint density at radius 2 is 2.20 bits per heavy atom. The Morgan fingerprint density at radius 3 is 2.80 bits per heavy atom. The minimum Gasteiger partial charge on any atom is -0.331 e. The van der Waals surface area contributed by atoms with Gasteiger partial charge in [0, 0.05) is 29.3 Å². The first kappa shape index (κ1) is 16.4. The predicted octanol–water partition coefficient (Wildman–Crippen LogP) is 3.20. The van der Waals surface area contributed by atoms with E-state index >= 15 is 0 Å². The van der Waals surface area contributed by atoms with Crippen molar-refractivity contribution in [2.75, 3.05) is 5.32 Å². The van der Waals surface area contributed by atoms with Crippen LogP contribution in [0.15, 0.2) is 42.0 Å². The predicted molar refractivity (Wildman–Crippen MR) is 94.5 cm³/mol. The number of thiocarbonyl (C=S) groups is 1. The topological polar surface area (TPSA) is 60.3 Å². The van der Waals surface area contributed by atoms with Crippen LogP contribution in [0.2, 0.25) is 0 Å². The molecule has 1 rings (SSSR count). The van der Waals surface area contributed by atoms with Gasteiger partial charge in [-0.05, 0) is 30.8 Å². The van der Waals surface area contributed by atoms with Crippen molar-refractivity contribution in [1.29, 1.82) is 5.41 Å². The van der Waals surface area contributed by atoms with E-state index in [2.05, 4.69) is 35.1 Å². The number of rotatable bonds is 6. The first-order valence-electron chi connectivity index (χ1n) is 6.08. The zero-order valence-electron chi connectivity index (χ0n) is 11.2. The zero-order valence-corrected chi connectivity index (χ0v) is 12.9. The molecular weight excluding hydrogens is 288 g/mol. The van der Waals surface area contributed by atoms with Gasteiger partial charge in [0.25, 0.3) is 0 Å². The Bertz CT molecular complexity index is 504. The molecule has 0 aliphatic rings. The standard InChI is InChI=1S/C14H18N4S2/c1-3-11(8-15)12-6-4-5-7-13(12)17-14(20)18-16-9-10(2)19/h3-11,15,19H,1H2,2H3,(H2,17,18,20)/b15-8?,16-9+. The Kier molecular flexibility index (Phi) is 6.97. The molecule has 1 aromatic rings. The molecule has 0 bridgehead atoms. The van der Waals surface area contributed by atoms with Crippen LogP contribution in [0.3, 0.4) is 0 Å². The fraction of sp³-hybridized carbons (Fsp3) is 0.214. The van der Waals surface area contributed by atoms with Crippen molar-refractivity contribution in [3.8, 4) is 0 Å². The number of hydrogen-bond acceptors (Lipinski definition) is 4. The fourth-order valence-corrected chi connectivity index (χ4v) is 1.77. The van der Waals surface area contributed by atoms with E-state index < -0.39 is 0 Å². The summed E-state index contributed by atoms with van der Waals surface area (Å²) in [6.07, 6.45) is 4.70. The number of hydrazone groups is 1. The van der Waals surface area contributed by atoms with Crippen LogP contribution in [0.25, 0.3) is 0 Å². The second-order valence-corrected chi connectivity index (χ2v) is 5.32. The van der Waals surface area contributed by atoms with E-state index in [1.54, 1.807) is 12.3 Å². The molecule has 0 saturated heterocycles. The van der Waals surface area contributed by atoms with Gasteiger partial charge in [0.2, 0.25) is 0 Å². The molecule has 0 spiro atoms. The van der Waals surface area contributed by atoms with Gasteiger partial charge in [0.05, 0.1) is 0 Å². The molecule has 6 heteroatoms. The SMILES string of the molecule is C=CC(C=N)c1ccccc1NC(=S)N/N=C/C(C)S. The maximum Gasteiger partial charge on any atom is 0.191 e. The summed E-state index contributed by atoms with van der Waals surface area (Å²) >= 11 is 9.34. The van der Waals surface area contributed by atoms with E-state index in [0.717, 1.165) is 11.3 Å². The van der Waals surface area contributed by atoms with Crippen molar-refractivity contribution in [2.45, 2.75) is 18.1 Å². The highest BCUT2D eigenvalue weighted by atomic mass is 32.1. The highest BCUT2D eigenvalue weighted by Gasteiger charge is 2.10. The van der Waals surface area contributed by atoms with Crippen LogP contribution in [-0.2, 0) is 0 Å². The molecular formula is C14H18N4S2. The third-order valence-corrected chi connectivity index (χ3v) is 2.78. The summed E-state index contributed by atoms with van der Waals surface area (Å²) in [5, 5.41) is 14.9. The molecule has 2 unspecified atom stereocenters. The summed E-state index contributed by atoms with van der Waals surface area (Å²) < 4.78 is 0. The van der Waals surface area contributed by atoms with Crippen LogP contribution in [0.4, 0.5) is 5.69 Å². The minimum atomic E-state index is -0.150. The Hall–Kier alpha value is -1.66. The van der Waals surface area contributed by atoms with Gasteiger partial charge in [-0.2, -0.15) is 17.7 Å². The fourth-order valence-electron chi connectivity index (χ4n) is 1.54. The average Bonchev–Trinajstić information content (AvgIpc) is 2.41. The third-order valence-electron chi connectivity index (χ3n) is 2.46. The highest BCUT2D eigenvalue weighted by molar-refractivity contribution is 7.81. The largest absolute Gasteiger partial charge is 0.331 e. The second-order valence-electron chi connectivity index (χ2n) is 4.10. The van der Waals surface area contributed by atoms with Crippen LogP contribution in [-0.4, -0.2) is 22.8 Å². The number of benzene rings is 1. The molecule has 3 N–H and O–H groups in total. The maximum atomic E-state index is 7.43. The van der Waals surface area contributed by atoms with Crippen molar-refractivity contribution < 1.29 is 0 Å². The van der Waals surface area contributed by atoms with Crippen LogP contribution < -0.4 is 10.7 Å². The van der Waals surface area contributed by atoms with E-state index in [0.29, 0.717) is 5.11 Å². The number of anilines is 1. The van der Waals surface area contributed by atoms with E-state index in [1.165, 1.54) is 6.21 Å². The lowest BCUT2D eigenvalue weighted by Gasteiger charge is -2.15. The molecule has 0 saturated carbocycles. The van der Waals surface area contributed by atoms with Crippen molar-refractivity contribution >= 4 is 48.1 Å². The number of nitrogens with one attached hydrogen (secondary N) is 3. The van der Waals surface area contributed by atoms with Gasteiger partial charge in [-0.3, -0.25) is 5.43 Å². The lowest BCUT2D eigenvalue weighted by Crippen LogP contribution is -2.25. The van der Waals surface area contributed by atoms with Crippen LogP contribution >= 0.6 is 24.8 Å². The summed E-state index contributed by atoms with van der Waals surface area (Å²) in [4.78, 5) is 0. The molecule has 0 aliphatic heterocycles. The molecule has 0 radical (unpaired) electrons. The Labute approximate surface area is 130 Å². The maximum absolute atomic E-state index is 7.43. The first-order valence-corrected chi connectivity index (χ1v) is 7.01. The van der Waals surface area contributed by atoms with Crippen molar-refractivity contribution in [2.24, 2.45) is 5.10 Å². The molecule has 1 aromatic carbocycles. The lowest BCUT2D eigenvalue weighted by molar-refractivity contribution is 1.04. The van der Waals surface area contributed by atoms with Crippen LogP contribution in [0.5, 0.6) is 0 Å². The summed E-state index contributed by atoms with van der Waals surface area (Å²) in [7, 11) is 0. The molecule has 20 heavy (non-hydrogen) atoms. The molecule has 0 aromatic heterocycles. The molecule has 0 aliphatic carbocycles. The average molecular weight is 306 g/mol. The Morgan fingerprint density at radius 1 is 1.50 bits per heavy atom. The normalized spacial score (nSPS) is 13.5. The van der Waals surface area contributed by atoms with Gasteiger partial charge in [-0.25, -0.2) is 0 Å². The smallest absolute Gasteiger partial charge is 0.191 e. The van der Waals surface area contributed by atoms with E-state index in [1.807, 2.05) is 31.2 Å². The van der Waals surface area contributed by atoms with E-state index in [-0.39, 0.29) is 11.2 Å². The van der Waals surface area contributed by atoms with Gasteiger partial charge >= 0.3 is 0 Å². The van der Waals surface area contributed by atoms with Gasteiger partial charge in [-0.15, -0.1) is 6.58 Å². The van der Waals surface area contributed by atoms with Crippen molar-refractivity contribution in [1.82, 2.24) is 5.43 Å². The number of hydrogen-bond donors (Lipinski definition) is 4. The van der Waals surface area contributed by atoms with Crippen molar-refractivity contribution in [3.05, 3.63) is 42.5 Å². The zero-order chi connectivity index (χ0) is 15.0. The summed E-state index contributed by atoms with van der Waals surface area (Å²) in [5.41, 5.74) is 4.49. The summed E-state index contributed by atoms with van der Waals surface area (Å²) in [5.74, 6) is -0.150. The number of para-hydroxylation sites is 1. The van der Waals surface area contributed by atoms with Crippen LogP contribution in [0, 0.1) is 5.41 Å². The van der Waals surface area contributed by atoms with E-state index in [9.17, 15) is 0 Å². The van der Waals surface area contributed by atoms with E-state index in [4.69, 9.17) is 17.6 Å². The second kappa shape index (κ2) is 8.50. The number of nitrogens with zero attached hydrogens (tertiary/aromatic N) is 1. The molecule has 4 nitrogen and oxygen atoms in total. The summed E-state index contributed by atoms with van der Waals surface area (Å²) in [6.45, 7) is 5.64. The molecule has 0 amide bonds. The molecule has 2 atom stereocenters. The lowest BCUT2D eigenvalue weighted by atomic mass is 9.98. The molecule has 0 fully saturated rings. The number of allylic oxidation sites excluding steroid dienone is 1. The molecule has 0 heterocycles. The minimum absolute atomic E-state index is 0.0562. The van der Waals surface area contributed by atoms with Gasteiger partial charge in [-0.1, -0.05) is 24.3 Å². The third kappa shape index (κ3) is 5.14. The monoisotopic (exact) mass is 306 g/mol. The van der Waals surface area contributed by atoms with Gasteiger partial charge < -0.3 is 10.7 Å². The van der Waals surface area contributed by atoms with Crippen LogP contribution in [0.1, 0.15) is 18.4 Å². The first-order chi connectivity index (χ1) is 9.58. The van der Waals surface area contributed by atoms with Gasteiger partial charge in [0.15, 0.2) is 5.11 Å². The van der Waals surface area contributed by atoms with Gasteiger partial charge in [0.1, 0.15) is 0 Å². The van der Waals surface area contributed by atoms with Crippen molar-refractivity contribution in [3.63, 3.8) is 0 Å². The molecule has 106 valence electrons. The summed E-state index contributed by atoms with van der Waals surface area (Å²) in [6, 6.07) is 7.64. The quantitative estimate of drug-likeness (QED) is 0.215. The Balaban J connectivity index is 2.79. The number of thiol groups is 1.